The zero-order valence-corrected chi connectivity index (χ0v) is 37.0. The Kier molecular flexibility index (Phi) is 36.6. The first kappa shape index (κ1) is 53.2. The summed E-state index contributed by atoms with van der Waals surface area (Å²) in [4.78, 5) is 37.5. The van der Waals surface area contributed by atoms with Crippen molar-refractivity contribution in [2.45, 2.75) is 193 Å². The molecule has 0 aliphatic heterocycles. The van der Waals surface area contributed by atoms with Crippen LogP contribution >= 0.6 is 7.82 Å². The number of esters is 2. The van der Waals surface area contributed by atoms with Crippen LogP contribution in [0.5, 0.6) is 0 Å². The molecular weight excluding hydrogens is 713 g/mol. The highest BCUT2D eigenvalue weighted by molar-refractivity contribution is 7.45. The Morgan fingerprint density at radius 1 is 0.564 bits per heavy atom. The van der Waals surface area contributed by atoms with Gasteiger partial charge in [0.2, 0.25) is 0 Å². The molecule has 0 saturated carbocycles. The molecule has 0 saturated heterocycles. The van der Waals surface area contributed by atoms with Crippen LogP contribution in [0.2, 0.25) is 0 Å². The third-order valence-corrected chi connectivity index (χ3v) is 10.4. The van der Waals surface area contributed by atoms with Crippen LogP contribution in [0.4, 0.5) is 0 Å². The van der Waals surface area contributed by atoms with E-state index in [1.54, 1.807) is 0 Å². The molecule has 1 unspecified atom stereocenters. The zero-order valence-electron chi connectivity index (χ0n) is 36.1. The molecule has 0 rings (SSSR count). The van der Waals surface area contributed by atoms with E-state index in [0.29, 0.717) is 17.4 Å². The lowest BCUT2D eigenvalue weighted by atomic mass is 10.0. The predicted octanol–water partition coefficient (Wildman–Crippen LogP) is 11.9. The van der Waals surface area contributed by atoms with E-state index in [9.17, 15) is 19.0 Å². The fraction of sp³-hybridized carbons (Fsp3) is 0.822. The van der Waals surface area contributed by atoms with Crippen LogP contribution in [-0.2, 0) is 32.7 Å². The number of unbranched alkanes of at least 4 members (excludes halogenated alkanes) is 20. The van der Waals surface area contributed by atoms with Gasteiger partial charge in [-0.2, -0.15) is 0 Å². The number of hydrogen-bond acceptors (Lipinski definition) is 8. The molecule has 2 atom stereocenters. The highest BCUT2D eigenvalue weighted by Gasteiger charge is 2.21. The first-order valence-electron chi connectivity index (χ1n) is 22.2. The number of quaternary nitrogens is 1. The Labute approximate surface area is 338 Å². The van der Waals surface area contributed by atoms with E-state index in [2.05, 4.69) is 50.3 Å². The largest absolute Gasteiger partial charge is 0.756 e. The summed E-state index contributed by atoms with van der Waals surface area (Å²) in [6.07, 6.45) is 41.7. The molecule has 0 amide bonds. The summed E-state index contributed by atoms with van der Waals surface area (Å²) in [6.45, 7) is 4.16. The van der Waals surface area contributed by atoms with Crippen LogP contribution < -0.4 is 4.89 Å². The number of ether oxygens (including phenoxy) is 2. The van der Waals surface area contributed by atoms with Gasteiger partial charge in [0.1, 0.15) is 19.8 Å². The normalized spacial score (nSPS) is 13.9. The van der Waals surface area contributed by atoms with Gasteiger partial charge in [-0.05, 0) is 51.4 Å². The molecule has 10 heteroatoms. The first-order chi connectivity index (χ1) is 26.5. The first-order valence-corrected chi connectivity index (χ1v) is 23.7. The van der Waals surface area contributed by atoms with Gasteiger partial charge >= 0.3 is 11.9 Å². The van der Waals surface area contributed by atoms with Crippen molar-refractivity contribution in [2.24, 2.45) is 0 Å². The van der Waals surface area contributed by atoms with Gasteiger partial charge in [0.25, 0.3) is 7.82 Å². The van der Waals surface area contributed by atoms with Gasteiger partial charge in [0.15, 0.2) is 6.10 Å². The minimum atomic E-state index is -4.63. The summed E-state index contributed by atoms with van der Waals surface area (Å²) in [7, 11) is 1.14. The maximum Gasteiger partial charge on any atom is 0.306 e. The van der Waals surface area contributed by atoms with Crippen molar-refractivity contribution in [3.63, 3.8) is 0 Å². The van der Waals surface area contributed by atoms with Gasteiger partial charge in [-0.1, -0.05) is 159 Å². The molecule has 0 aliphatic carbocycles. The third-order valence-electron chi connectivity index (χ3n) is 9.41. The second-order valence-corrected chi connectivity index (χ2v) is 17.5. The van der Waals surface area contributed by atoms with Crippen molar-refractivity contribution in [3.8, 4) is 0 Å². The van der Waals surface area contributed by atoms with Crippen LogP contribution in [0.3, 0.4) is 0 Å². The lowest BCUT2D eigenvalue weighted by molar-refractivity contribution is -0.870. The molecule has 9 nitrogen and oxygen atoms in total. The molecule has 322 valence electrons. The highest BCUT2D eigenvalue weighted by Crippen LogP contribution is 2.38. The molecule has 0 radical (unpaired) electrons. The van der Waals surface area contributed by atoms with Gasteiger partial charge in [-0.15, -0.1) is 0 Å². The van der Waals surface area contributed by atoms with Gasteiger partial charge < -0.3 is 27.9 Å². The molecule has 0 aromatic rings. The molecule has 0 aromatic heterocycles. The highest BCUT2D eigenvalue weighted by atomic mass is 31.2. The van der Waals surface area contributed by atoms with E-state index in [0.717, 1.165) is 51.4 Å². The molecular formula is C45H84NO8P. The number of allylic oxidation sites excluding steroid dienone is 6. The van der Waals surface area contributed by atoms with Gasteiger partial charge in [-0.3, -0.25) is 14.2 Å². The van der Waals surface area contributed by atoms with Gasteiger partial charge in [0, 0.05) is 12.8 Å². The van der Waals surface area contributed by atoms with Crippen molar-refractivity contribution in [3.05, 3.63) is 36.5 Å². The van der Waals surface area contributed by atoms with E-state index in [4.69, 9.17) is 18.5 Å². The van der Waals surface area contributed by atoms with E-state index in [1.165, 1.54) is 103 Å². The monoisotopic (exact) mass is 798 g/mol. The Bertz CT molecular complexity index is 1040. The van der Waals surface area contributed by atoms with Crippen LogP contribution in [0.25, 0.3) is 0 Å². The Balaban J connectivity index is 4.40. The summed E-state index contributed by atoms with van der Waals surface area (Å²) in [5, 5.41) is 0. The average molecular weight is 798 g/mol. The maximum atomic E-state index is 12.6. The topological polar surface area (TPSA) is 111 Å². The fourth-order valence-electron chi connectivity index (χ4n) is 5.90. The average Bonchev–Trinajstić information content (AvgIpc) is 3.13. The second-order valence-electron chi connectivity index (χ2n) is 16.1. The van der Waals surface area contributed by atoms with E-state index >= 15 is 0 Å². The summed E-state index contributed by atoms with van der Waals surface area (Å²) >= 11 is 0. The molecule has 0 fully saturated rings. The van der Waals surface area contributed by atoms with Gasteiger partial charge in [-0.25, -0.2) is 0 Å². The quantitative estimate of drug-likeness (QED) is 0.0198. The van der Waals surface area contributed by atoms with Crippen molar-refractivity contribution in [1.29, 1.82) is 0 Å². The molecule has 0 spiro atoms. The molecule has 0 aromatic carbocycles. The van der Waals surface area contributed by atoms with E-state index < -0.39 is 32.5 Å². The van der Waals surface area contributed by atoms with Crippen LogP contribution in [0.1, 0.15) is 187 Å². The summed E-state index contributed by atoms with van der Waals surface area (Å²) < 4.78 is 33.8. The maximum absolute atomic E-state index is 12.6. The number of carbonyl (C=O) groups excluding carboxylic acids is 2. The van der Waals surface area contributed by atoms with E-state index in [-0.39, 0.29) is 26.1 Å². The number of hydrogen-bond donors (Lipinski definition) is 0. The fourth-order valence-corrected chi connectivity index (χ4v) is 6.62. The smallest absolute Gasteiger partial charge is 0.306 e. The Morgan fingerprint density at radius 2 is 0.982 bits per heavy atom. The van der Waals surface area contributed by atoms with Crippen LogP contribution in [-0.4, -0.2) is 70.0 Å². The number of phosphoric ester groups is 1. The van der Waals surface area contributed by atoms with Crippen molar-refractivity contribution in [2.75, 3.05) is 47.5 Å². The number of likely N-dealkylation sites (N-methyl/N-ethyl adjacent to an activating group) is 1. The summed E-state index contributed by atoms with van der Waals surface area (Å²) in [5.74, 6) is -0.875. The summed E-state index contributed by atoms with van der Waals surface area (Å²) in [5.41, 5.74) is 0. The molecule has 0 N–H and O–H groups in total. The Hall–Kier alpha value is -1.77. The van der Waals surface area contributed by atoms with E-state index in [1.807, 2.05) is 21.1 Å². The Morgan fingerprint density at radius 3 is 1.49 bits per heavy atom. The number of carbonyl (C=O) groups is 2. The number of nitrogens with zero attached hydrogens (tertiary/aromatic N) is 1. The number of phosphoric acid groups is 1. The van der Waals surface area contributed by atoms with Crippen molar-refractivity contribution >= 4 is 19.8 Å². The van der Waals surface area contributed by atoms with Crippen molar-refractivity contribution in [1.82, 2.24) is 0 Å². The SMILES string of the molecule is CCCCC/C=C\C/C=C\C/C=C\CCCCC(=O)O[C@H](COC(=O)CCCCCCCCCCCCCCCCCC)COP(=O)([O-])OCC[N+](C)(C)C. The lowest BCUT2D eigenvalue weighted by Gasteiger charge is -2.28. The second kappa shape index (κ2) is 37.8. The standard InChI is InChI=1S/C45H84NO8P/c1-6-8-10-12-14-16-18-20-22-24-25-27-29-31-33-35-37-44(47)51-41-43(42-53-55(49,50)52-40-39-46(3,4)5)54-45(48)38-36-34-32-30-28-26-23-21-19-17-15-13-11-9-7-2/h15,17,21,23,28,30,43H,6-14,16,18-20,22,24-27,29,31-42H2,1-5H3/b17-15-,23-21-,30-28-/t43-/m1/s1. The predicted molar refractivity (Wildman–Crippen MR) is 227 cm³/mol. The van der Waals surface area contributed by atoms with Crippen LogP contribution in [0.15, 0.2) is 36.5 Å². The van der Waals surface area contributed by atoms with Crippen molar-refractivity contribution < 1.29 is 42.1 Å². The van der Waals surface area contributed by atoms with Gasteiger partial charge in [0.05, 0.1) is 27.7 Å². The molecule has 0 bridgehead atoms. The zero-order chi connectivity index (χ0) is 40.7. The lowest BCUT2D eigenvalue weighted by Crippen LogP contribution is -2.37. The molecule has 0 aliphatic rings. The summed E-state index contributed by atoms with van der Waals surface area (Å²) in [6, 6.07) is 0. The molecule has 0 heterocycles. The number of rotatable bonds is 40. The van der Waals surface area contributed by atoms with Crippen LogP contribution in [0, 0.1) is 0 Å². The molecule has 55 heavy (non-hydrogen) atoms. The third kappa shape index (κ3) is 41.7. The minimum Gasteiger partial charge on any atom is -0.756 e. The minimum absolute atomic E-state index is 0.0374.